The Labute approximate surface area is 124 Å². The van der Waals surface area contributed by atoms with E-state index in [0.29, 0.717) is 30.9 Å². The quantitative estimate of drug-likeness (QED) is 0.887. The van der Waals surface area contributed by atoms with Gasteiger partial charge in [-0.1, -0.05) is 6.07 Å². The zero-order valence-corrected chi connectivity index (χ0v) is 12.2. The fraction of sp³-hybridized carbons (Fsp3) is 0.562. The van der Waals surface area contributed by atoms with Crippen molar-refractivity contribution in [3.63, 3.8) is 0 Å². The lowest BCUT2D eigenvalue weighted by Crippen LogP contribution is -2.40. The number of fused-ring (bicyclic) bond motifs is 1. The molecule has 1 amide bonds. The molecular weight excluding hydrogens is 270 g/mol. The summed E-state index contributed by atoms with van der Waals surface area (Å²) in [5.74, 6) is 0.424. The number of carbonyl (C=O) groups is 1. The molecule has 1 atom stereocenters. The van der Waals surface area contributed by atoms with E-state index in [0.717, 1.165) is 24.8 Å². The second kappa shape index (κ2) is 5.66. The predicted molar refractivity (Wildman–Crippen MR) is 77.4 cm³/mol. The normalized spacial score (nSPS) is 21.3. The van der Waals surface area contributed by atoms with E-state index in [4.69, 9.17) is 9.47 Å². The number of carbonyl (C=O) groups excluding carboxylic acids is 1. The Balaban J connectivity index is 1.81. The fourth-order valence-corrected chi connectivity index (χ4v) is 3.01. The van der Waals surface area contributed by atoms with Crippen molar-refractivity contribution >= 4 is 5.91 Å². The second-order valence-corrected chi connectivity index (χ2v) is 5.82. The summed E-state index contributed by atoms with van der Waals surface area (Å²) in [6.45, 7) is 0.964. The van der Waals surface area contributed by atoms with Crippen molar-refractivity contribution in [3.05, 3.63) is 29.3 Å². The van der Waals surface area contributed by atoms with Crippen LogP contribution in [0.15, 0.2) is 18.2 Å². The van der Waals surface area contributed by atoms with Crippen molar-refractivity contribution < 1.29 is 19.4 Å². The highest BCUT2D eigenvalue weighted by atomic mass is 16.5. The maximum absolute atomic E-state index is 12.0. The molecule has 1 aromatic carbocycles. The zero-order chi connectivity index (χ0) is 14.9. The number of methoxy groups -OCH3 is 1. The average molecular weight is 291 g/mol. The average Bonchev–Trinajstić information content (AvgIpc) is 2.64. The van der Waals surface area contributed by atoms with Gasteiger partial charge in [0.15, 0.2) is 0 Å². The molecule has 5 nitrogen and oxygen atoms in total. The van der Waals surface area contributed by atoms with Gasteiger partial charge in [0.25, 0.3) is 5.91 Å². The maximum atomic E-state index is 12.0. The molecule has 0 radical (unpaired) electrons. The van der Waals surface area contributed by atoms with Crippen LogP contribution >= 0.6 is 0 Å². The van der Waals surface area contributed by atoms with Gasteiger partial charge in [0.05, 0.1) is 23.8 Å². The molecule has 0 saturated heterocycles. The van der Waals surface area contributed by atoms with E-state index in [2.05, 4.69) is 5.32 Å². The van der Waals surface area contributed by atoms with Crippen molar-refractivity contribution in [2.75, 3.05) is 20.3 Å². The Kier molecular flexibility index (Phi) is 3.87. The van der Waals surface area contributed by atoms with Gasteiger partial charge in [-0.25, -0.2) is 0 Å². The van der Waals surface area contributed by atoms with Crippen LogP contribution in [-0.4, -0.2) is 36.9 Å². The van der Waals surface area contributed by atoms with Gasteiger partial charge in [-0.2, -0.15) is 0 Å². The highest BCUT2D eigenvalue weighted by Crippen LogP contribution is 2.42. The Morgan fingerprint density at radius 2 is 2.29 bits per heavy atom. The van der Waals surface area contributed by atoms with Crippen molar-refractivity contribution in [1.82, 2.24) is 5.32 Å². The molecule has 1 saturated carbocycles. The van der Waals surface area contributed by atoms with Gasteiger partial charge in [0.2, 0.25) is 0 Å². The third kappa shape index (κ3) is 2.76. The first-order chi connectivity index (χ1) is 10.1. The van der Waals surface area contributed by atoms with Gasteiger partial charge in [-0.3, -0.25) is 4.79 Å². The topological polar surface area (TPSA) is 67.8 Å². The summed E-state index contributed by atoms with van der Waals surface area (Å²) < 4.78 is 11.1. The van der Waals surface area contributed by atoms with E-state index < -0.39 is 6.10 Å². The molecule has 1 aliphatic heterocycles. The summed E-state index contributed by atoms with van der Waals surface area (Å²) in [7, 11) is 1.70. The van der Waals surface area contributed by atoms with E-state index in [-0.39, 0.29) is 11.5 Å². The molecule has 21 heavy (non-hydrogen) atoms. The lowest BCUT2D eigenvalue weighted by Gasteiger charge is -2.41. The Morgan fingerprint density at radius 1 is 1.48 bits per heavy atom. The minimum atomic E-state index is -0.633. The Hall–Kier alpha value is -1.59. The number of hydrogen-bond acceptors (Lipinski definition) is 4. The third-order valence-corrected chi connectivity index (χ3v) is 4.54. The summed E-state index contributed by atoms with van der Waals surface area (Å²) in [6.07, 6.45) is 3.03. The van der Waals surface area contributed by atoms with Gasteiger partial charge in [-0.05, 0) is 37.0 Å². The fourth-order valence-electron chi connectivity index (χ4n) is 3.01. The standard InChI is InChI=1S/C16H21NO4/c1-20-16(5-2-6-16)10-13(18)11-3-4-14-12(9-11)15(19)17-7-8-21-14/h3-4,9,13,18H,2,5-8,10H2,1H3,(H,17,19). The zero-order valence-electron chi connectivity index (χ0n) is 12.2. The molecule has 0 bridgehead atoms. The number of benzene rings is 1. The summed E-state index contributed by atoms with van der Waals surface area (Å²) in [5.41, 5.74) is 1.02. The highest BCUT2D eigenvalue weighted by Gasteiger charge is 2.39. The number of hydrogen-bond donors (Lipinski definition) is 2. The molecular formula is C16H21NO4. The maximum Gasteiger partial charge on any atom is 0.255 e. The third-order valence-electron chi connectivity index (χ3n) is 4.54. The first kappa shape index (κ1) is 14.4. The molecule has 0 spiro atoms. The van der Waals surface area contributed by atoms with Crippen LogP contribution in [0.2, 0.25) is 0 Å². The molecule has 3 rings (SSSR count). The molecule has 1 aromatic rings. The van der Waals surface area contributed by atoms with Crippen molar-refractivity contribution in [1.29, 1.82) is 0 Å². The lowest BCUT2D eigenvalue weighted by atomic mass is 9.75. The van der Waals surface area contributed by atoms with E-state index in [1.165, 1.54) is 0 Å². The Bertz CT molecular complexity index is 534. The van der Waals surface area contributed by atoms with Crippen LogP contribution in [0.25, 0.3) is 0 Å². The van der Waals surface area contributed by atoms with Gasteiger partial charge < -0.3 is 19.9 Å². The molecule has 1 aliphatic carbocycles. The highest BCUT2D eigenvalue weighted by molar-refractivity contribution is 5.97. The monoisotopic (exact) mass is 291 g/mol. The van der Waals surface area contributed by atoms with Crippen LogP contribution in [0.3, 0.4) is 0 Å². The number of rotatable bonds is 4. The molecule has 1 fully saturated rings. The number of ether oxygens (including phenoxy) is 2. The van der Waals surface area contributed by atoms with Crippen LogP contribution in [0.5, 0.6) is 5.75 Å². The lowest BCUT2D eigenvalue weighted by molar-refractivity contribution is -0.0999. The van der Waals surface area contributed by atoms with Crippen molar-refractivity contribution in [3.8, 4) is 5.75 Å². The molecule has 114 valence electrons. The van der Waals surface area contributed by atoms with E-state index in [1.807, 2.05) is 6.07 Å². The minimum absolute atomic E-state index is 0.151. The smallest absolute Gasteiger partial charge is 0.255 e. The summed E-state index contributed by atoms with van der Waals surface area (Å²) in [5, 5.41) is 13.2. The summed E-state index contributed by atoms with van der Waals surface area (Å²) in [4.78, 5) is 12.0. The first-order valence-corrected chi connectivity index (χ1v) is 7.42. The van der Waals surface area contributed by atoms with Gasteiger partial charge in [0.1, 0.15) is 12.4 Å². The molecule has 5 heteroatoms. The number of nitrogens with one attached hydrogen (secondary N) is 1. The number of aliphatic hydroxyl groups is 1. The van der Waals surface area contributed by atoms with Crippen LogP contribution in [0.4, 0.5) is 0 Å². The van der Waals surface area contributed by atoms with Gasteiger partial charge in [-0.15, -0.1) is 0 Å². The van der Waals surface area contributed by atoms with Crippen LogP contribution in [-0.2, 0) is 4.74 Å². The molecule has 0 aromatic heterocycles. The molecule has 1 heterocycles. The van der Waals surface area contributed by atoms with E-state index >= 15 is 0 Å². The van der Waals surface area contributed by atoms with Gasteiger partial charge in [0, 0.05) is 13.5 Å². The summed E-state index contributed by atoms with van der Waals surface area (Å²) >= 11 is 0. The van der Waals surface area contributed by atoms with Crippen LogP contribution < -0.4 is 10.1 Å². The minimum Gasteiger partial charge on any atom is -0.491 e. The second-order valence-electron chi connectivity index (χ2n) is 5.82. The van der Waals surface area contributed by atoms with E-state index in [1.54, 1.807) is 19.2 Å². The van der Waals surface area contributed by atoms with Crippen molar-refractivity contribution in [2.24, 2.45) is 0 Å². The molecule has 1 unspecified atom stereocenters. The SMILES string of the molecule is COC1(CC(O)c2ccc3c(c2)C(=O)NCCO3)CCC1. The first-order valence-electron chi connectivity index (χ1n) is 7.42. The largest absolute Gasteiger partial charge is 0.491 e. The number of amides is 1. The Morgan fingerprint density at radius 3 is 2.95 bits per heavy atom. The van der Waals surface area contributed by atoms with Crippen LogP contribution in [0.1, 0.15) is 47.7 Å². The van der Waals surface area contributed by atoms with Crippen molar-refractivity contribution in [2.45, 2.75) is 37.4 Å². The predicted octanol–water partition coefficient (Wildman–Crippen LogP) is 1.80. The molecule has 2 aliphatic rings. The summed E-state index contributed by atoms with van der Waals surface area (Å²) in [6, 6.07) is 5.31. The van der Waals surface area contributed by atoms with Crippen LogP contribution in [0, 0.1) is 0 Å². The van der Waals surface area contributed by atoms with Gasteiger partial charge >= 0.3 is 0 Å². The number of aliphatic hydroxyl groups excluding tert-OH is 1. The molecule has 2 N–H and O–H groups in total. The van der Waals surface area contributed by atoms with E-state index in [9.17, 15) is 9.90 Å².